The van der Waals surface area contributed by atoms with Crippen molar-refractivity contribution in [2.45, 2.75) is 13.8 Å². The third-order valence-corrected chi connectivity index (χ3v) is 3.25. The van der Waals surface area contributed by atoms with Crippen molar-refractivity contribution in [3.8, 4) is 0 Å². The Balaban J connectivity index is 2.49. The van der Waals surface area contributed by atoms with Crippen LogP contribution in [0.25, 0.3) is 0 Å². The highest BCUT2D eigenvalue weighted by atomic mass is 35.5. The van der Waals surface area contributed by atoms with Crippen LogP contribution in [-0.4, -0.2) is 17.8 Å². The highest BCUT2D eigenvalue weighted by molar-refractivity contribution is 6.32. The first-order chi connectivity index (χ1) is 9.32. The zero-order chi connectivity index (χ0) is 15.0. The number of anilines is 1. The lowest BCUT2D eigenvalue weighted by Gasteiger charge is -2.31. The second-order valence-electron chi connectivity index (χ2n) is 4.79. The number of rotatable bonds is 2. The number of barbiturate groups is 1. The van der Waals surface area contributed by atoms with Crippen molar-refractivity contribution in [2.24, 2.45) is 11.8 Å². The molecule has 0 aliphatic carbocycles. The lowest BCUT2D eigenvalue weighted by Crippen LogP contribution is -2.59. The minimum absolute atomic E-state index is 0.181. The molecule has 1 fully saturated rings. The maximum absolute atomic E-state index is 13.8. The van der Waals surface area contributed by atoms with E-state index in [-0.39, 0.29) is 16.6 Å². The van der Waals surface area contributed by atoms with E-state index in [0.717, 1.165) is 6.07 Å². The Morgan fingerprint density at radius 1 is 1.30 bits per heavy atom. The number of nitrogens with zero attached hydrogens (tertiary/aromatic N) is 1. The second-order valence-corrected chi connectivity index (χ2v) is 5.22. The van der Waals surface area contributed by atoms with Crippen molar-refractivity contribution in [2.75, 3.05) is 4.90 Å². The fourth-order valence-electron chi connectivity index (χ4n) is 2.06. The van der Waals surface area contributed by atoms with Crippen molar-refractivity contribution in [1.29, 1.82) is 0 Å². The van der Waals surface area contributed by atoms with Gasteiger partial charge in [-0.2, -0.15) is 0 Å². The molecule has 0 aromatic heterocycles. The summed E-state index contributed by atoms with van der Waals surface area (Å²) in [4.78, 5) is 36.4. The molecule has 1 N–H and O–H groups in total. The lowest BCUT2D eigenvalue weighted by molar-refractivity contribution is -0.136. The maximum Gasteiger partial charge on any atom is 0.335 e. The van der Waals surface area contributed by atoms with E-state index in [4.69, 9.17) is 11.6 Å². The van der Waals surface area contributed by atoms with E-state index in [0.29, 0.717) is 4.90 Å². The molecule has 7 heteroatoms. The molecular weight excluding hydrogens is 287 g/mol. The van der Waals surface area contributed by atoms with E-state index in [1.54, 1.807) is 13.8 Å². The van der Waals surface area contributed by atoms with Crippen LogP contribution in [0.1, 0.15) is 13.8 Å². The molecule has 1 heterocycles. The minimum Gasteiger partial charge on any atom is -0.277 e. The Labute approximate surface area is 119 Å². The van der Waals surface area contributed by atoms with Crippen LogP contribution in [0, 0.1) is 17.7 Å². The fourth-order valence-corrected chi connectivity index (χ4v) is 2.23. The van der Waals surface area contributed by atoms with Gasteiger partial charge in [0, 0.05) is 5.02 Å². The van der Waals surface area contributed by atoms with Gasteiger partial charge in [0.2, 0.25) is 11.8 Å². The molecule has 20 heavy (non-hydrogen) atoms. The standard InChI is InChI=1S/C13H12ClFN2O3/c1-6(2)10-11(18)16-13(20)17(12(10)19)9-5-7(14)3-4-8(9)15/h3-6,10H,1-2H3,(H,16,18,20). The number of hydrogen-bond acceptors (Lipinski definition) is 3. The molecule has 1 aromatic rings. The maximum atomic E-state index is 13.8. The summed E-state index contributed by atoms with van der Waals surface area (Å²) in [5.74, 6) is -3.55. The molecular formula is C13H12ClFN2O3. The van der Waals surface area contributed by atoms with Gasteiger partial charge in [0.05, 0.1) is 5.69 Å². The number of urea groups is 1. The normalized spacial score (nSPS) is 19.6. The number of hydrogen-bond donors (Lipinski definition) is 1. The Bertz CT molecular complexity index is 603. The smallest absolute Gasteiger partial charge is 0.277 e. The van der Waals surface area contributed by atoms with Crippen LogP contribution in [0.4, 0.5) is 14.9 Å². The third kappa shape index (κ3) is 2.38. The fraction of sp³-hybridized carbons (Fsp3) is 0.308. The molecule has 1 aliphatic rings. The van der Waals surface area contributed by atoms with Crippen molar-refractivity contribution in [3.63, 3.8) is 0 Å². The van der Waals surface area contributed by atoms with Crippen LogP contribution < -0.4 is 10.2 Å². The Hall–Kier alpha value is -1.95. The highest BCUT2D eigenvalue weighted by Gasteiger charge is 2.43. The summed E-state index contributed by atoms with van der Waals surface area (Å²) in [7, 11) is 0. The lowest BCUT2D eigenvalue weighted by atomic mass is 9.92. The van der Waals surface area contributed by atoms with Gasteiger partial charge in [-0.1, -0.05) is 25.4 Å². The predicted molar refractivity (Wildman–Crippen MR) is 70.8 cm³/mol. The monoisotopic (exact) mass is 298 g/mol. The molecule has 0 bridgehead atoms. The number of halogens is 2. The van der Waals surface area contributed by atoms with E-state index < -0.39 is 29.6 Å². The molecule has 1 aliphatic heterocycles. The van der Waals surface area contributed by atoms with Crippen LogP contribution in [0.5, 0.6) is 0 Å². The van der Waals surface area contributed by atoms with E-state index in [1.807, 2.05) is 0 Å². The second kappa shape index (κ2) is 5.20. The molecule has 1 atom stereocenters. The van der Waals surface area contributed by atoms with E-state index in [2.05, 4.69) is 5.32 Å². The van der Waals surface area contributed by atoms with Gasteiger partial charge in [-0.05, 0) is 24.1 Å². The topological polar surface area (TPSA) is 66.5 Å². The molecule has 2 rings (SSSR count). The molecule has 1 unspecified atom stereocenters. The first-order valence-electron chi connectivity index (χ1n) is 5.96. The molecule has 106 valence electrons. The molecule has 0 saturated carbocycles. The Morgan fingerprint density at radius 3 is 2.55 bits per heavy atom. The predicted octanol–water partition coefficient (Wildman–Crippen LogP) is 2.33. The highest BCUT2D eigenvalue weighted by Crippen LogP contribution is 2.28. The Morgan fingerprint density at radius 2 is 1.95 bits per heavy atom. The third-order valence-electron chi connectivity index (χ3n) is 3.02. The molecule has 4 amide bonds. The van der Waals surface area contributed by atoms with E-state index in [9.17, 15) is 18.8 Å². The summed E-state index contributed by atoms with van der Waals surface area (Å²) in [6.45, 7) is 3.34. The van der Waals surface area contributed by atoms with Gasteiger partial charge >= 0.3 is 6.03 Å². The van der Waals surface area contributed by atoms with Crippen molar-refractivity contribution >= 4 is 35.1 Å². The van der Waals surface area contributed by atoms with E-state index in [1.165, 1.54) is 12.1 Å². The van der Waals surface area contributed by atoms with E-state index >= 15 is 0 Å². The van der Waals surface area contributed by atoms with Gasteiger partial charge < -0.3 is 0 Å². The summed E-state index contributed by atoms with van der Waals surface area (Å²) in [6, 6.07) is 2.55. The first kappa shape index (κ1) is 14.5. The van der Waals surface area contributed by atoms with Crippen molar-refractivity contribution in [1.82, 2.24) is 5.32 Å². The molecule has 1 saturated heterocycles. The van der Waals surface area contributed by atoms with Crippen LogP contribution in [0.15, 0.2) is 18.2 Å². The summed E-state index contributed by atoms with van der Waals surface area (Å²) < 4.78 is 13.8. The van der Waals surface area contributed by atoms with Crippen molar-refractivity contribution < 1.29 is 18.8 Å². The summed E-state index contributed by atoms with van der Waals surface area (Å²) in [5.41, 5.74) is -0.266. The first-order valence-corrected chi connectivity index (χ1v) is 6.34. The number of carbonyl (C=O) groups is 3. The zero-order valence-electron chi connectivity index (χ0n) is 10.8. The number of benzene rings is 1. The average molecular weight is 299 g/mol. The summed E-state index contributed by atoms with van der Waals surface area (Å²) in [6.07, 6.45) is 0. The van der Waals surface area contributed by atoms with Gasteiger partial charge in [-0.15, -0.1) is 0 Å². The van der Waals surface area contributed by atoms with Crippen LogP contribution >= 0.6 is 11.6 Å². The number of nitrogens with one attached hydrogen (secondary N) is 1. The van der Waals surface area contributed by atoms with Crippen molar-refractivity contribution in [3.05, 3.63) is 29.0 Å². The molecule has 5 nitrogen and oxygen atoms in total. The Kier molecular flexibility index (Phi) is 3.76. The zero-order valence-corrected chi connectivity index (χ0v) is 11.6. The molecule has 0 radical (unpaired) electrons. The number of amides is 4. The largest absolute Gasteiger partial charge is 0.335 e. The van der Waals surface area contributed by atoms with Crippen LogP contribution in [-0.2, 0) is 9.59 Å². The quantitative estimate of drug-likeness (QED) is 0.852. The summed E-state index contributed by atoms with van der Waals surface area (Å²) >= 11 is 5.76. The van der Waals surface area contributed by atoms with Crippen LogP contribution in [0.3, 0.4) is 0 Å². The van der Waals surface area contributed by atoms with Crippen LogP contribution in [0.2, 0.25) is 5.02 Å². The number of imide groups is 2. The van der Waals surface area contributed by atoms with Gasteiger partial charge in [0.25, 0.3) is 0 Å². The van der Waals surface area contributed by atoms with Gasteiger partial charge in [-0.3, -0.25) is 14.9 Å². The minimum atomic E-state index is -1.04. The molecule has 1 aromatic carbocycles. The summed E-state index contributed by atoms with van der Waals surface area (Å²) in [5, 5.41) is 2.23. The van der Waals surface area contributed by atoms with Gasteiger partial charge in [0.1, 0.15) is 11.7 Å². The van der Waals surface area contributed by atoms with Gasteiger partial charge in [-0.25, -0.2) is 14.1 Å². The van der Waals surface area contributed by atoms with Gasteiger partial charge in [0.15, 0.2) is 0 Å². The average Bonchev–Trinajstić information content (AvgIpc) is 2.32. The SMILES string of the molecule is CC(C)C1C(=O)NC(=O)N(c2cc(Cl)ccc2F)C1=O. The molecule has 0 spiro atoms. The number of carbonyl (C=O) groups excluding carboxylic acids is 3.